The Labute approximate surface area is 184 Å². The summed E-state index contributed by atoms with van der Waals surface area (Å²) >= 11 is 0. The molecule has 9 nitrogen and oxygen atoms in total. The van der Waals surface area contributed by atoms with E-state index in [0.717, 1.165) is 11.1 Å². The largest absolute Gasteiger partial charge is 0.493 e. The predicted molar refractivity (Wildman–Crippen MR) is 119 cm³/mol. The fraction of sp³-hybridized carbons (Fsp3) is 0.261. The Hall–Kier alpha value is -3.85. The minimum Gasteiger partial charge on any atom is -0.493 e. The van der Waals surface area contributed by atoms with Crippen LogP contribution in [0.15, 0.2) is 48.8 Å². The van der Waals surface area contributed by atoms with Crippen LogP contribution in [0.4, 0.5) is 5.82 Å². The van der Waals surface area contributed by atoms with E-state index in [-0.39, 0.29) is 11.9 Å². The van der Waals surface area contributed by atoms with Gasteiger partial charge in [-0.1, -0.05) is 18.2 Å². The summed E-state index contributed by atoms with van der Waals surface area (Å²) in [6.07, 6.45) is 4.19. The average molecular weight is 433 g/mol. The second kappa shape index (κ2) is 8.72. The lowest BCUT2D eigenvalue weighted by Crippen LogP contribution is -2.36. The lowest BCUT2D eigenvalue weighted by molar-refractivity contribution is 0.151. The molecule has 3 aromatic heterocycles. The molecule has 0 saturated heterocycles. The van der Waals surface area contributed by atoms with Crippen LogP contribution in [0.1, 0.15) is 5.56 Å². The summed E-state index contributed by atoms with van der Waals surface area (Å²) in [4.78, 5) is 16.3. The van der Waals surface area contributed by atoms with Gasteiger partial charge >= 0.3 is 0 Å². The van der Waals surface area contributed by atoms with E-state index in [9.17, 15) is 5.11 Å². The van der Waals surface area contributed by atoms with Gasteiger partial charge < -0.3 is 29.6 Å². The molecule has 0 aliphatic carbocycles. The van der Waals surface area contributed by atoms with Gasteiger partial charge in [0.05, 0.1) is 24.8 Å². The maximum absolute atomic E-state index is 10.2. The van der Waals surface area contributed by atoms with Crippen molar-refractivity contribution in [3.8, 4) is 28.9 Å². The van der Waals surface area contributed by atoms with Gasteiger partial charge in [0.25, 0.3) is 5.88 Å². The van der Waals surface area contributed by atoms with Gasteiger partial charge in [0.1, 0.15) is 6.61 Å². The smallest absolute Gasteiger partial charge is 0.263 e. The van der Waals surface area contributed by atoms with E-state index in [1.165, 1.54) is 11.6 Å². The van der Waals surface area contributed by atoms with Gasteiger partial charge in [-0.15, -0.1) is 0 Å². The summed E-state index contributed by atoms with van der Waals surface area (Å²) in [5.74, 6) is 1.40. The number of nitrogens with one attached hydrogen (secondary N) is 2. The van der Waals surface area contributed by atoms with Crippen LogP contribution >= 0.6 is 0 Å². The van der Waals surface area contributed by atoms with Crippen LogP contribution in [0.25, 0.3) is 22.3 Å². The molecular formula is C23H23N5O4. The van der Waals surface area contributed by atoms with E-state index in [1.54, 1.807) is 19.2 Å². The molecule has 1 atom stereocenters. The van der Waals surface area contributed by atoms with Crippen molar-refractivity contribution in [2.75, 3.05) is 32.2 Å². The molecule has 0 unspecified atom stereocenters. The molecule has 1 aliphatic rings. The van der Waals surface area contributed by atoms with Crippen LogP contribution in [0.3, 0.4) is 0 Å². The molecular weight excluding hydrogens is 410 g/mol. The summed E-state index contributed by atoms with van der Waals surface area (Å²) in [5.41, 5.74) is 2.66. The van der Waals surface area contributed by atoms with Crippen molar-refractivity contribution in [3.63, 3.8) is 0 Å². The molecule has 0 spiro atoms. The first kappa shape index (κ1) is 20.1. The lowest BCUT2D eigenvalue weighted by atomic mass is 10.1. The van der Waals surface area contributed by atoms with Gasteiger partial charge in [-0.2, -0.15) is 4.98 Å². The third-order valence-corrected chi connectivity index (χ3v) is 5.28. The van der Waals surface area contributed by atoms with E-state index in [4.69, 9.17) is 14.2 Å². The fourth-order valence-corrected chi connectivity index (χ4v) is 3.75. The number of pyridine rings is 1. The molecule has 1 aliphatic heterocycles. The van der Waals surface area contributed by atoms with Crippen LogP contribution in [0, 0.1) is 0 Å². The van der Waals surface area contributed by atoms with Crippen LogP contribution < -0.4 is 14.8 Å². The third-order valence-electron chi connectivity index (χ3n) is 5.28. The van der Waals surface area contributed by atoms with Crippen molar-refractivity contribution in [2.24, 2.45) is 0 Å². The minimum atomic E-state index is -0.151. The average Bonchev–Trinajstić information content (AvgIpc) is 3.22. The summed E-state index contributed by atoms with van der Waals surface area (Å²) in [5, 5.41) is 14.7. The maximum Gasteiger partial charge on any atom is 0.263 e. The highest BCUT2D eigenvalue weighted by molar-refractivity contribution is 5.83. The zero-order valence-electron chi connectivity index (χ0n) is 17.5. The minimum absolute atomic E-state index is 0.0585. The summed E-state index contributed by atoms with van der Waals surface area (Å²) in [7, 11) is 1.63. The van der Waals surface area contributed by atoms with Crippen molar-refractivity contribution < 1.29 is 19.3 Å². The number of rotatable bonds is 7. The summed E-state index contributed by atoms with van der Waals surface area (Å²) in [6, 6.07) is 11.5. The highest BCUT2D eigenvalue weighted by Gasteiger charge is 2.27. The van der Waals surface area contributed by atoms with E-state index in [1.807, 2.05) is 24.4 Å². The Balaban J connectivity index is 1.43. The van der Waals surface area contributed by atoms with Crippen molar-refractivity contribution >= 4 is 16.7 Å². The molecule has 32 heavy (non-hydrogen) atoms. The summed E-state index contributed by atoms with van der Waals surface area (Å²) in [6.45, 7) is 1.27. The third kappa shape index (κ3) is 3.90. The Morgan fingerprint density at radius 1 is 1.19 bits per heavy atom. The molecule has 4 heterocycles. The monoisotopic (exact) mass is 433 g/mol. The van der Waals surface area contributed by atoms with Crippen molar-refractivity contribution in [1.29, 1.82) is 0 Å². The summed E-state index contributed by atoms with van der Waals surface area (Å²) < 4.78 is 17.2. The van der Waals surface area contributed by atoms with Crippen LogP contribution in [0.5, 0.6) is 17.5 Å². The SMILES string of the molecule is COC[C@@H]1COc2c(nc(-c3cccnc3O)nc2OCCc2c[nH]c3ccccc23)N1. The topological polar surface area (TPSA) is 114 Å². The highest BCUT2D eigenvalue weighted by atomic mass is 16.5. The number of anilines is 1. The van der Waals surface area contributed by atoms with Crippen molar-refractivity contribution in [3.05, 3.63) is 54.4 Å². The zero-order valence-corrected chi connectivity index (χ0v) is 17.5. The molecule has 0 radical (unpaired) electrons. The maximum atomic E-state index is 10.2. The standard InChI is InChI=1S/C23H23N5O4/c1-30-12-15-13-32-19-21(26-15)27-20(17-6-4-9-24-22(17)29)28-23(19)31-10-8-14-11-25-18-7-3-2-5-16(14)18/h2-7,9,11,15,25H,8,10,12-13H2,1H3,(H,24,29)(H,26,27,28)/t15-/m1/s1. The Kier molecular flexibility index (Phi) is 5.47. The zero-order chi connectivity index (χ0) is 21.9. The lowest BCUT2D eigenvalue weighted by Gasteiger charge is -2.27. The molecule has 164 valence electrons. The second-order valence-electron chi connectivity index (χ2n) is 7.47. The molecule has 1 aromatic carbocycles. The van der Waals surface area contributed by atoms with Gasteiger partial charge in [0.15, 0.2) is 11.6 Å². The number of benzene rings is 1. The van der Waals surface area contributed by atoms with Crippen molar-refractivity contribution in [2.45, 2.75) is 12.5 Å². The molecule has 4 aromatic rings. The van der Waals surface area contributed by atoms with Gasteiger partial charge in [-0.25, -0.2) is 9.97 Å². The number of hydrogen-bond acceptors (Lipinski definition) is 8. The van der Waals surface area contributed by atoms with Crippen molar-refractivity contribution in [1.82, 2.24) is 19.9 Å². The number of nitrogens with zero attached hydrogens (tertiary/aromatic N) is 3. The highest BCUT2D eigenvalue weighted by Crippen LogP contribution is 2.38. The molecule has 0 saturated carbocycles. The molecule has 5 rings (SSSR count). The molecule has 9 heteroatoms. The molecule has 0 amide bonds. The fourth-order valence-electron chi connectivity index (χ4n) is 3.75. The molecule has 3 N–H and O–H groups in total. The number of para-hydroxylation sites is 1. The Morgan fingerprint density at radius 3 is 2.97 bits per heavy atom. The van der Waals surface area contributed by atoms with Gasteiger partial charge in [-0.3, -0.25) is 0 Å². The molecule has 0 fully saturated rings. The van der Waals surface area contributed by atoms with E-state index in [0.29, 0.717) is 55.1 Å². The van der Waals surface area contributed by atoms with E-state index in [2.05, 4.69) is 31.3 Å². The van der Waals surface area contributed by atoms with Crippen LogP contribution in [-0.4, -0.2) is 58.0 Å². The number of aromatic hydroxyl groups is 1. The number of ether oxygens (including phenoxy) is 3. The van der Waals surface area contributed by atoms with Gasteiger partial charge in [0, 0.05) is 36.8 Å². The van der Waals surface area contributed by atoms with Crippen LogP contribution in [-0.2, 0) is 11.2 Å². The van der Waals surface area contributed by atoms with Gasteiger partial charge in [0.2, 0.25) is 11.6 Å². The number of hydrogen-bond donors (Lipinski definition) is 3. The normalized spacial score (nSPS) is 15.1. The van der Waals surface area contributed by atoms with E-state index < -0.39 is 0 Å². The first-order valence-electron chi connectivity index (χ1n) is 10.4. The first-order valence-corrected chi connectivity index (χ1v) is 10.4. The molecule has 0 bridgehead atoms. The van der Waals surface area contributed by atoms with Crippen LogP contribution in [0.2, 0.25) is 0 Å². The number of fused-ring (bicyclic) bond motifs is 2. The number of aromatic amines is 1. The quantitative estimate of drug-likeness (QED) is 0.407. The first-order chi connectivity index (χ1) is 15.7. The Bertz CT molecular complexity index is 1240. The number of methoxy groups -OCH3 is 1. The number of aromatic nitrogens is 4. The number of H-pyrrole nitrogens is 1. The second-order valence-corrected chi connectivity index (χ2v) is 7.47. The van der Waals surface area contributed by atoms with Gasteiger partial charge in [-0.05, 0) is 23.8 Å². The van der Waals surface area contributed by atoms with E-state index >= 15 is 0 Å². The predicted octanol–water partition coefficient (Wildman–Crippen LogP) is 3.17. The Morgan fingerprint density at radius 2 is 2.09 bits per heavy atom.